The molecule has 3 rings (SSSR count). The summed E-state index contributed by atoms with van der Waals surface area (Å²) >= 11 is 0. The minimum atomic E-state index is -0.191. The lowest BCUT2D eigenvalue weighted by molar-refractivity contribution is 0.474. The molecule has 1 aromatic carbocycles. The number of aryl methyl sites for hydroxylation is 2. The van der Waals surface area contributed by atoms with Crippen LogP contribution in [0.4, 0.5) is 5.69 Å². The monoisotopic (exact) mass is 283 g/mol. The summed E-state index contributed by atoms with van der Waals surface area (Å²) in [7, 11) is 1.95. The molecular formula is C16H17N3O2. The molecule has 2 heterocycles. The first-order valence-corrected chi connectivity index (χ1v) is 6.72. The van der Waals surface area contributed by atoms with E-state index in [1.165, 1.54) is 0 Å². The third-order valence-electron chi connectivity index (χ3n) is 3.45. The summed E-state index contributed by atoms with van der Waals surface area (Å²) in [5, 5.41) is 13.0. The number of nitrogens with zero attached hydrogens (tertiary/aromatic N) is 2. The van der Waals surface area contributed by atoms with Gasteiger partial charge in [-0.1, -0.05) is 0 Å². The minimum absolute atomic E-state index is 0.191. The first-order valence-electron chi connectivity index (χ1n) is 6.72. The summed E-state index contributed by atoms with van der Waals surface area (Å²) < 4.78 is 7.50. The van der Waals surface area contributed by atoms with Gasteiger partial charge in [0, 0.05) is 25.1 Å². The van der Waals surface area contributed by atoms with Gasteiger partial charge in [-0.3, -0.25) is 0 Å². The van der Waals surface area contributed by atoms with Crippen molar-refractivity contribution in [2.75, 3.05) is 5.32 Å². The smallest absolute Gasteiger partial charge is 0.143 e. The van der Waals surface area contributed by atoms with Crippen LogP contribution in [0, 0.1) is 6.92 Å². The molecular weight excluding hydrogens is 266 g/mol. The van der Waals surface area contributed by atoms with Crippen molar-refractivity contribution in [2.45, 2.75) is 13.0 Å². The molecule has 0 aliphatic heterocycles. The van der Waals surface area contributed by atoms with Crippen molar-refractivity contribution < 1.29 is 9.52 Å². The van der Waals surface area contributed by atoms with Crippen LogP contribution in [-0.4, -0.2) is 14.7 Å². The van der Waals surface area contributed by atoms with Gasteiger partial charge in [-0.15, -0.1) is 0 Å². The van der Waals surface area contributed by atoms with Gasteiger partial charge in [0.2, 0.25) is 0 Å². The molecule has 5 nitrogen and oxygen atoms in total. The summed E-state index contributed by atoms with van der Waals surface area (Å²) in [5.41, 5.74) is 1.89. The second-order valence-electron chi connectivity index (χ2n) is 4.99. The predicted octanol–water partition coefficient (Wildman–Crippen LogP) is 3.23. The number of phenolic OH excluding ortho intramolecular Hbond substituents is 1. The number of imidazole rings is 1. The predicted molar refractivity (Wildman–Crippen MR) is 80.2 cm³/mol. The lowest BCUT2D eigenvalue weighted by atomic mass is 10.1. The Bertz CT molecular complexity index is 732. The fourth-order valence-electron chi connectivity index (χ4n) is 2.34. The van der Waals surface area contributed by atoms with Crippen LogP contribution in [0.5, 0.6) is 5.75 Å². The molecule has 0 amide bonds. The highest BCUT2D eigenvalue weighted by molar-refractivity contribution is 5.55. The first kappa shape index (κ1) is 13.3. The Hall–Kier alpha value is -2.69. The zero-order valence-electron chi connectivity index (χ0n) is 11.9. The zero-order valence-corrected chi connectivity index (χ0v) is 11.9. The van der Waals surface area contributed by atoms with E-state index >= 15 is 0 Å². The second-order valence-corrected chi connectivity index (χ2v) is 4.99. The van der Waals surface area contributed by atoms with Crippen LogP contribution in [0.3, 0.4) is 0 Å². The molecule has 2 N–H and O–H groups in total. The van der Waals surface area contributed by atoms with E-state index < -0.39 is 0 Å². The molecule has 0 aliphatic rings. The van der Waals surface area contributed by atoms with E-state index in [9.17, 15) is 5.11 Å². The summed E-state index contributed by atoms with van der Waals surface area (Å²) in [4.78, 5) is 4.41. The number of anilines is 1. The lowest BCUT2D eigenvalue weighted by Gasteiger charge is -2.19. The number of rotatable bonds is 4. The maximum absolute atomic E-state index is 9.52. The van der Waals surface area contributed by atoms with Gasteiger partial charge in [0.05, 0.1) is 6.26 Å². The average Bonchev–Trinajstić information content (AvgIpc) is 3.10. The second kappa shape index (κ2) is 5.36. The number of hydrogen-bond donors (Lipinski definition) is 2. The van der Waals surface area contributed by atoms with Gasteiger partial charge in [0.25, 0.3) is 0 Å². The van der Waals surface area contributed by atoms with Gasteiger partial charge < -0.3 is 19.4 Å². The largest absolute Gasteiger partial charge is 0.508 e. The SMILES string of the molecule is Cc1cc(O)ccc1NC(c1ccco1)c1nccn1C. The maximum atomic E-state index is 9.52. The Morgan fingerprint density at radius 3 is 2.81 bits per heavy atom. The molecule has 108 valence electrons. The van der Waals surface area contributed by atoms with Crippen molar-refractivity contribution >= 4 is 5.69 Å². The van der Waals surface area contributed by atoms with Gasteiger partial charge in [0.1, 0.15) is 23.4 Å². The van der Waals surface area contributed by atoms with Crippen molar-refractivity contribution in [2.24, 2.45) is 7.05 Å². The fraction of sp³-hybridized carbons (Fsp3) is 0.188. The van der Waals surface area contributed by atoms with Gasteiger partial charge in [-0.2, -0.15) is 0 Å². The Morgan fingerprint density at radius 2 is 2.19 bits per heavy atom. The highest BCUT2D eigenvalue weighted by Crippen LogP contribution is 2.28. The van der Waals surface area contributed by atoms with E-state index in [0.29, 0.717) is 0 Å². The van der Waals surface area contributed by atoms with E-state index in [1.807, 2.05) is 42.9 Å². The first-order chi connectivity index (χ1) is 10.1. The molecule has 0 fully saturated rings. The molecule has 0 bridgehead atoms. The Labute approximate surface area is 122 Å². The van der Waals surface area contributed by atoms with Crippen LogP contribution in [-0.2, 0) is 7.05 Å². The standard InChI is InChI=1S/C16H17N3O2/c1-11-10-12(20)5-6-13(11)18-15(14-4-3-9-21-14)16-17-7-8-19(16)2/h3-10,15,18,20H,1-2H3. The molecule has 1 atom stereocenters. The van der Waals surface area contributed by atoms with Gasteiger partial charge in [-0.05, 0) is 42.8 Å². The maximum Gasteiger partial charge on any atom is 0.143 e. The van der Waals surface area contributed by atoms with Gasteiger partial charge in [0.15, 0.2) is 0 Å². The van der Waals surface area contributed by atoms with Crippen molar-refractivity contribution in [3.05, 3.63) is 66.1 Å². The molecule has 0 spiro atoms. The number of aromatic nitrogens is 2. The number of hydrogen-bond acceptors (Lipinski definition) is 4. The van der Waals surface area contributed by atoms with E-state index in [1.54, 1.807) is 24.6 Å². The van der Waals surface area contributed by atoms with Gasteiger partial charge in [-0.25, -0.2) is 4.98 Å². The molecule has 0 saturated carbocycles. The average molecular weight is 283 g/mol. The van der Waals surface area contributed by atoms with Crippen molar-refractivity contribution in [1.82, 2.24) is 9.55 Å². The summed E-state index contributed by atoms with van der Waals surface area (Å²) in [6.45, 7) is 1.94. The molecule has 3 aromatic rings. The Balaban J connectivity index is 1.99. The lowest BCUT2D eigenvalue weighted by Crippen LogP contribution is -2.16. The number of furan rings is 1. The third kappa shape index (κ3) is 2.63. The van der Waals surface area contributed by atoms with Crippen molar-refractivity contribution in [3.63, 3.8) is 0 Å². The molecule has 0 aliphatic carbocycles. The number of benzene rings is 1. The number of phenols is 1. The van der Waals surface area contributed by atoms with Crippen LogP contribution in [0.1, 0.15) is 23.2 Å². The highest BCUT2D eigenvalue weighted by Gasteiger charge is 2.21. The highest BCUT2D eigenvalue weighted by atomic mass is 16.3. The summed E-state index contributed by atoms with van der Waals surface area (Å²) in [6.07, 6.45) is 5.31. The molecule has 0 saturated heterocycles. The number of nitrogens with one attached hydrogen (secondary N) is 1. The van der Waals surface area contributed by atoms with Crippen LogP contribution in [0.2, 0.25) is 0 Å². The topological polar surface area (TPSA) is 63.2 Å². The molecule has 1 unspecified atom stereocenters. The minimum Gasteiger partial charge on any atom is -0.508 e. The summed E-state index contributed by atoms with van der Waals surface area (Å²) in [6, 6.07) is 8.82. The van der Waals surface area contributed by atoms with E-state index in [-0.39, 0.29) is 11.8 Å². The van der Waals surface area contributed by atoms with Crippen LogP contribution >= 0.6 is 0 Å². The molecule has 2 aromatic heterocycles. The van der Waals surface area contributed by atoms with Crippen LogP contribution in [0.15, 0.2) is 53.4 Å². The van der Waals surface area contributed by atoms with Crippen molar-refractivity contribution in [1.29, 1.82) is 0 Å². The van der Waals surface area contributed by atoms with Gasteiger partial charge >= 0.3 is 0 Å². The Morgan fingerprint density at radius 1 is 1.33 bits per heavy atom. The molecule has 21 heavy (non-hydrogen) atoms. The zero-order chi connectivity index (χ0) is 14.8. The van der Waals surface area contributed by atoms with Crippen molar-refractivity contribution in [3.8, 4) is 5.75 Å². The number of aromatic hydroxyl groups is 1. The van der Waals surface area contributed by atoms with E-state index in [2.05, 4.69) is 10.3 Å². The molecule has 5 heteroatoms. The van der Waals surface area contributed by atoms with E-state index in [0.717, 1.165) is 22.8 Å². The normalized spacial score (nSPS) is 12.3. The van der Waals surface area contributed by atoms with E-state index in [4.69, 9.17) is 4.42 Å². The van der Waals surface area contributed by atoms with Crippen LogP contribution in [0.25, 0.3) is 0 Å². The Kier molecular flexibility index (Phi) is 3.39. The fourth-order valence-corrected chi connectivity index (χ4v) is 2.34. The third-order valence-corrected chi connectivity index (χ3v) is 3.45. The quantitative estimate of drug-likeness (QED) is 0.722. The molecule has 0 radical (unpaired) electrons. The van der Waals surface area contributed by atoms with Crippen LogP contribution < -0.4 is 5.32 Å². The summed E-state index contributed by atoms with van der Waals surface area (Å²) in [5.74, 6) is 1.90.